The van der Waals surface area contributed by atoms with Crippen LogP contribution in [0, 0.1) is 5.92 Å². The minimum atomic E-state index is 0. The van der Waals surface area contributed by atoms with E-state index in [1.165, 1.54) is 12.0 Å². The van der Waals surface area contributed by atoms with Crippen molar-refractivity contribution in [3.8, 4) is 0 Å². The van der Waals surface area contributed by atoms with E-state index in [2.05, 4.69) is 53.2 Å². The van der Waals surface area contributed by atoms with E-state index >= 15 is 0 Å². The topological polar surface area (TPSA) is 49.3 Å². The minimum Gasteiger partial charge on any atom is -0.379 e. The number of aliphatic imine (C=N–C) groups is 1. The van der Waals surface area contributed by atoms with Gasteiger partial charge in [-0.15, -0.1) is 24.0 Å². The molecular weight excluding hydrogens is 479 g/mol. The summed E-state index contributed by atoms with van der Waals surface area (Å²) in [6.07, 6.45) is 1.21. The summed E-state index contributed by atoms with van der Waals surface area (Å²) in [5, 5.41) is 3.48. The van der Waals surface area contributed by atoms with Crippen molar-refractivity contribution in [2.45, 2.75) is 32.9 Å². The van der Waals surface area contributed by atoms with Crippen molar-refractivity contribution in [3.63, 3.8) is 0 Å². The highest BCUT2D eigenvalue weighted by Crippen LogP contribution is 2.17. The van der Waals surface area contributed by atoms with Crippen molar-refractivity contribution in [1.82, 2.24) is 15.1 Å². The van der Waals surface area contributed by atoms with Crippen LogP contribution in [0.4, 0.5) is 0 Å². The van der Waals surface area contributed by atoms with E-state index < -0.39 is 0 Å². The van der Waals surface area contributed by atoms with Crippen molar-refractivity contribution in [3.05, 3.63) is 35.9 Å². The summed E-state index contributed by atoms with van der Waals surface area (Å²) in [6, 6.07) is 11.0. The van der Waals surface area contributed by atoms with Gasteiger partial charge in [0.2, 0.25) is 0 Å². The molecule has 29 heavy (non-hydrogen) atoms. The van der Waals surface area contributed by atoms with Gasteiger partial charge in [0.05, 0.1) is 26.4 Å². The van der Waals surface area contributed by atoms with Gasteiger partial charge in [-0.2, -0.15) is 0 Å². The quantitative estimate of drug-likeness (QED) is 0.327. The molecule has 164 valence electrons. The molecule has 0 radical (unpaired) electrons. The van der Waals surface area contributed by atoms with E-state index in [1.54, 1.807) is 0 Å². The Balaban J connectivity index is 0.00000300. The summed E-state index contributed by atoms with van der Waals surface area (Å²) >= 11 is 0. The molecular formula is C22H37IN4O2. The normalized spacial score (nSPS) is 21.7. The van der Waals surface area contributed by atoms with E-state index in [0.717, 1.165) is 65.0 Å². The Morgan fingerprint density at radius 1 is 1.24 bits per heavy atom. The molecule has 7 heteroatoms. The Labute approximate surface area is 193 Å². The monoisotopic (exact) mass is 516 g/mol. The highest BCUT2D eigenvalue weighted by atomic mass is 127. The first-order valence-electron chi connectivity index (χ1n) is 10.7. The summed E-state index contributed by atoms with van der Waals surface area (Å²) in [5.74, 6) is 1.45. The van der Waals surface area contributed by atoms with Gasteiger partial charge < -0.3 is 19.7 Å². The summed E-state index contributed by atoms with van der Waals surface area (Å²) in [4.78, 5) is 9.90. The fourth-order valence-electron chi connectivity index (χ4n) is 3.85. The lowest BCUT2D eigenvalue weighted by atomic mass is 10.2. The number of ether oxygens (including phenoxy) is 2. The van der Waals surface area contributed by atoms with E-state index in [0.29, 0.717) is 18.6 Å². The molecule has 0 aliphatic carbocycles. The second kappa shape index (κ2) is 13.4. The van der Waals surface area contributed by atoms with Crippen LogP contribution >= 0.6 is 24.0 Å². The number of hydrogen-bond donors (Lipinski definition) is 1. The van der Waals surface area contributed by atoms with Crippen LogP contribution in [-0.2, 0) is 16.1 Å². The van der Waals surface area contributed by atoms with Gasteiger partial charge in [-0.3, -0.25) is 9.89 Å². The van der Waals surface area contributed by atoms with Gasteiger partial charge in [0.15, 0.2) is 5.96 Å². The predicted molar refractivity (Wildman–Crippen MR) is 129 cm³/mol. The van der Waals surface area contributed by atoms with Gasteiger partial charge in [0.25, 0.3) is 0 Å². The van der Waals surface area contributed by atoms with Crippen LogP contribution in [0.1, 0.15) is 25.8 Å². The zero-order valence-electron chi connectivity index (χ0n) is 17.9. The van der Waals surface area contributed by atoms with E-state index in [9.17, 15) is 0 Å². The van der Waals surface area contributed by atoms with Crippen LogP contribution in [0.15, 0.2) is 35.3 Å². The van der Waals surface area contributed by atoms with Crippen molar-refractivity contribution in [2.75, 3.05) is 59.1 Å². The first-order valence-corrected chi connectivity index (χ1v) is 10.7. The maximum atomic E-state index is 5.87. The number of rotatable bonds is 8. The smallest absolute Gasteiger partial charge is 0.193 e. The van der Waals surface area contributed by atoms with Crippen LogP contribution in [-0.4, -0.2) is 80.9 Å². The van der Waals surface area contributed by atoms with Gasteiger partial charge in [-0.1, -0.05) is 37.3 Å². The van der Waals surface area contributed by atoms with Crippen LogP contribution in [0.5, 0.6) is 0 Å². The number of benzene rings is 1. The molecule has 0 bridgehead atoms. The van der Waals surface area contributed by atoms with Gasteiger partial charge in [0, 0.05) is 45.3 Å². The lowest BCUT2D eigenvalue weighted by molar-refractivity contribution is 0.0195. The number of halogens is 1. The van der Waals surface area contributed by atoms with Crippen LogP contribution in [0.2, 0.25) is 0 Å². The Hall–Kier alpha value is -0.900. The molecule has 0 amide bonds. The Morgan fingerprint density at radius 2 is 2.00 bits per heavy atom. The molecule has 2 aliphatic heterocycles. The highest BCUT2D eigenvalue weighted by molar-refractivity contribution is 14.0. The van der Waals surface area contributed by atoms with Gasteiger partial charge in [-0.05, 0) is 24.8 Å². The molecule has 0 aromatic heterocycles. The van der Waals surface area contributed by atoms with E-state index in [-0.39, 0.29) is 24.0 Å². The molecule has 2 unspecified atom stereocenters. The molecule has 1 aromatic rings. The summed E-state index contributed by atoms with van der Waals surface area (Å²) < 4.78 is 11.4. The second-order valence-corrected chi connectivity index (χ2v) is 7.84. The molecule has 2 atom stereocenters. The molecule has 1 aromatic carbocycles. The number of nitrogens with one attached hydrogen (secondary N) is 1. The van der Waals surface area contributed by atoms with E-state index in [1.807, 2.05) is 6.07 Å². The lowest BCUT2D eigenvalue weighted by Crippen LogP contribution is -2.46. The third-order valence-corrected chi connectivity index (χ3v) is 5.43. The van der Waals surface area contributed by atoms with Crippen molar-refractivity contribution < 1.29 is 9.47 Å². The standard InChI is InChI=1S/C22H36N4O2.HI/c1-3-23-22(26-10-9-21(16-26)25-11-13-27-14-12-25)24-15-19(2)17-28-18-20-7-5-4-6-8-20;/h4-8,19,21H,3,9-18H2,1-2H3,(H,23,24);1H. The number of guanidine groups is 1. The zero-order valence-corrected chi connectivity index (χ0v) is 20.2. The van der Waals surface area contributed by atoms with Crippen molar-refractivity contribution in [1.29, 1.82) is 0 Å². The minimum absolute atomic E-state index is 0. The maximum Gasteiger partial charge on any atom is 0.193 e. The second-order valence-electron chi connectivity index (χ2n) is 7.84. The van der Waals surface area contributed by atoms with E-state index in [4.69, 9.17) is 14.5 Å². The Morgan fingerprint density at radius 3 is 2.72 bits per heavy atom. The van der Waals surface area contributed by atoms with Crippen LogP contribution in [0.3, 0.4) is 0 Å². The third-order valence-electron chi connectivity index (χ3n) is 5.43. The largest absolute Gasteiger partial charge is 0.379 e. The number of nitrogens with zero attached hydrogens (tertiary/aromatic N) is 3. The molecule has 0 spiro atoms. The Kier molecular flexibility index (Phi) is 11.3. The zero-order chi connectivity index (χ0) is 19.6. The number of morpholine rings is 1. The molecule has 6 nitrogen and oxygen atoms in total. The molecule has 3 rings (SSSR count). The fraction of sp³-hybridized carbons (Fsp3) is 0.682. The number of likely N-dealkylation sites (tertiary alicyclic amines) is 1. The molecule has 2 aliphatic rings. The predicted octanol–water partition coefficient (Wildman–Crippen LogP) is 2.83. The summed E-state index contributed by atoms with van der Waals surface area (Å²) in [6.45, 7) is 13.4. The van der Waals surface area contributed by atoms with Crippen LogP contribution in [0.25, 0.3) is 0 Å². The van der Waals surface area contributed by atoms with Crippen molar-refractivity contribution >= 4 is 29.9 Å². The molecule has 0 saturated carbocycles. The third kappa shape index (κ3) is 8.03. The van der Waals surface area contributed by atoms with Crippen molar-refractivity contribution in [2.24, 2.45) is 10.9 Å². The first-order chi connectivity index (χ1) is 13.8. The Bertz CT molecular complexity index is 596. The molecule has 1 N–H and O–H groups in total. The molecule has 2 fully saturated rings. The average molecular weight is 516 g/mol. The average Bonchev–Trinajstić information content (AvgIpc) is 3.23. The maximum absolute atomic E-state index is 5.87. The molecule has 2 heterocycles. The molecule has 2 saturated heterocycles. The summed E-state index contributed by atoms with van der Waals surface area (Å²) in [7, 11) is 0. The lowest BCUT2D eigenvalue weighted by Gasteiger charge is -2.32. The first kappa shape index (κ1) is 24.4. The van der Waals surface area contributed by atoms with Gasteiger partial charge in [0.1, 0.15) is 0 Å². The fourth-order valence-corrected chi connectivity index (χ4v) is 3.85. The van der Waals surface area contributed by atoms with Crippen LogP contribution < -0.4 is 5.32 Å². The highest BCUT2D eigenvalue weighted by Gasteiger charge is 2.30. The number of hydrogen-bond acceptors (Lipinski definition) is 4. The van der Waals surface area contributed by atoms with Gasteiger partial charge in [-0.25, -0.2) is 0 Å². The summed E-state index contributed by atoms with van der Waals surface area (Å²) in [5.41, 5.74) is 1.22. The SMILES string of the molecule is CCNC(=NCC(C)COCc1ccccc1)N1CCC(N2CCOCC2)C1.I. The van der Waals surface area contributed by atoms with Gasteiger partial charge >= 0.3 is 0 Å².